The summed E-state index contributed by atoms with van der Waals surface area (Å²) < 4.78 is 5.73. The molecule has 3 saturated carbocycles. The standard InChI is InChI=1S/C46H76O2/c1-4-6-8-10-11-12-13-15-16-18-38-22-28-41(29-23-38)42-30-24-39(25-31-42)20-21-40-26-32-43(33-27-40)44-34-35-45(37(3)36-44)48-46(47)19-17-14-9-7-5-2/h20-21,34-36,38-43H,4-19,22-33H2,1-3H3. The van der Waals surface area contributed by atoms with E-state index in [9.17, 15) is 4.79 Å². The lowest BCUT2D eigenvalue weighted by Gasteiger charge is -2.37. The van der Waals surface area contributed by atoms with Crippen molar-refractivity contribution in [3.05, 3.63) is 41.5 Å². The molecule has 0 atom stereocenters. The molecule has 0 radical (unpaired) electrons. The molecule has 0 spiro atoms. The van der Waals surface area contributed by atoms with Crippen LogP contribution in [0.2, 0.25) is 0 Å². The minimum atomic E-state index is -0.0786. The van der Waals surface area contributed by atoms with Crippen molar-refractivity contribution in [1.29, 1.82) is 0 Å². The fourth-order valence-corrected chi connectivity index (χ4v) is 9.55. The molecular formula is C46H76O2. The maximum Gasteiger partial charge on any atom is 0.311 e. The quantitative estimate of drug-likeness (QED) is 0.0568. The third-order valence-electron chi connectivity index (χ3n) is 12.9. The number of benzene rings is 1. The first-order chi connectivity index (χ1) is 23.6. The number of unbranched alkanes of at least 4 members (excludes halogenated alkanes) is 12. The lowest BCUT2D eigenvalue weighted by Crippen LogP contribution is -2.25. The molecule has 0 aromatic heterocycles. The Kier molecular flexibility index (Phi) is 18.8. The topological polar surface area (TPSA) is 26.3 Å². The van der Waals surface area contributed by atoms with Gasteiger partial charge in [-0.1, -0.05) is 141 Å². The molecule has 3 aliphatic rings. The number of hydrogen-bond donors (Lipinski definition) is 0. The molecule has 0 amide bonds. The van der Waals surface area contributed by atoms with Crippen LogP contribution < -0.4 is 4.74 Å². The van der Waals surface area contributed by atoms with E-state index in [1.807, 2.05) is 6.07 Å². The van der Waals surface area contributed by atoms with Crippen molar-refractivity contribution in [2.75, 3.05) is 0 Å². The summed E-state index contributed by atoms with van der Waals surface area (Å²) in [7, 11) is 0. The van der Waals surface area contributed by atoms with Gasteiger partial charge in [0.15, 0.2) is 0 Å². The van der Waals surface area contributed by atoms with E-state index < -0.39 is 0 Å². The average molecular weight is 661 g/mol. The first-order valence-electron chi connectivity index (χ1n) is 21.5. The minimum Gasteiger partial charge on any atom is -0.426 e. The van der Waals surface area contributed by atoms with Crippen molar-refractivity contribution >= 4 is 5.97 Å². The Labute approximate surface area is 298 Å². The van der Waals surface area contributed by atoms with Gasteiger partial charge in [-0.3, -0.25) is 4.79 Å². The van der Waals surface area contributed by atoms with Gasteiger partial charge in [-0.15, -0.1) is 0 Å². The summed E-state index contributed by atoms with van der Waals surface area (Å²) in [6, 6.07) is 6.56. The molecule has 0 bridgehead atoms. The van der Waals surface area contributed by atoms with Gasteiger partial charge in [0, 0.05) is 6.42 Å². The normalized spacial score (nSPS) is 26.6. The second kappa shape index (κ2) is 23.0. The fourth-order valence-electron chi connectivity index (χ4n) is 9.55. The first kappa shape index (κ1) is 39.2. The van der Waals surface area contributed by atoms with E-state index in [0.717, 1.165) is 53.7 Å². The Hall–Kier alpha value is -1.57. The molecule has 3 aliphatic carbocycles. The summed E-state index contributed by atoms with van der Waals surface area (Å²) in [6.45, 7) is 6.63. The number of carbonyl (C=O) groups is 1. The predicted octanol–water partition coefficient (Wildman–Crippen LogP) is 14.6. The van der Waals surface area contributed by atoms with Crippen molar-refractivity contribution in [2.24, 2.45) is 29.6 Å². The highest BCUT2D eigenvalue weighted by Crippen LogP contribution is 2.43. The number of aryl methyl sites for hydroxylation is 1. The van der Waals surface area contributed by atoms with Crippen LogP contribution in [-0.2, 0) is 4.79 Å². The second-order valence-corrected chi connectivity index (χ2v) is 16.7. The van der Waals surface area contributed by atoms with Crippen LogP contribution in [0.3, 0.4) is 0 Å². The summed E-state index contributed by atoms with van der Waals surface area (Å²) in [6.07, 6.45) is 43.4. The number of esters is 1. The van der Waals surface area contributed by atoms with Gasteiger partial charge in [0.2, 0.25) is 0 Å². The smallest absolute Gasteiger partial charge is 0.311 e. The van der Waals surface area contributed by atoms with E-state index >= 15 is 0 Å². The van der Waals surface area contributed by atoms with Gasteiger partial charge in [0.05, 0.1) is 0 Å². The number of allylic oxidation sites excluding steroid dienone is 2. The molecule has 4 rings (SSSR count). The van der Waals surface area contributed by atoms with Gasteiger partial charge in [0.1, 0.15) is 5.75 Å². The largest absolute Gasteiger partial charge is 0.426 e. The van der Waals surface area contributed by atoms with Crippen molar-refractivity contribution in [3.8, 4) is 5.75 Å². The van der Waals surface area contributed by atoms with Crippen LogP contribution >= 0.6 is 0 Å². The Balaban J connectivity index is 1.05. The van der Waals surface area contributed by atoms with E-state index in [4.69, 9.17) is 4.74 Å². The highest BCUT2D eigenvalue weighted by atomic mass is 16.5. The van der Waals surface area contributed by atoms with Crippen LogP contribution in [-0.4, -0.2) is 5.97 Å². The highest BCUT2D eigenvalue weighted by Gasteiger charge is 2.30. The highest BCUT2D eigenvalue weighted by molar-refractivity contribution is 5.72. The van der Waals surface area contributed by atoms with Gasteiger partial charge < -0.3 is 4.74 Å². The molecule has 0 unspecified atom stereocenters. The van der Waals surface area contributed by atoms with E-state index in [1.54, 1.807) is 0 Å². The molecule has 3 fully saturated rings. The Morgan fingerprint density at radius 1 is 0.625 bits per heavy atom. The molecule has 0 aliphatic heterocycles. The van der Waals surface area contributed by atoms with E-state index in [2.05, 4.69) is 45.1 Å². The van der Waals surface area contributed by atoms with Gasteiger partial charge >= 0.3 is 5.97 Å². The minimum absolute atomic E-state index is 0.0786. The zero-order valence-corrected chi connectivity index (χ0v) is 32.0. The predicted molar refractivity (Wildman–Crippen MR) is 207 cm³/mol. The average Bonchev–Trinajstić information content (AvgIpc) is 3.11. The summed E-state index contributed by atoms with van der Waals surface area (Å²) >= 11 is 0. The van der Waals surface area contributed by atoms with Gasteiger partial charge in [-0.2, -0.15) is 0 Å². The number of ether oxygens (including phenoxy) is 1. The number of carbonyl (C=O) groups excluding carboxylic acids is 1. The molecule has 0 N–H and O–H groups in total. The summed E-state index contributed by atoms with van der Waals surface area (Å²) in [5.41, 5.74) is 2.54. The molecule has 2 heteroatoms. The zero-order chi connectivity index (χ0) is 33.8. The van der Waals surface area contributed by atoms with Gasteiger partial charge in [0.25, 0.3) is 0 Å². The molecular weight excluding hydrogens is 585 g/mol. The van der Waals surface area contributed by atoms with Crippen molar-refractivity contribution < 1.29 is 9.53 Å². The Morgan fingerprint density at radius 3 is 1.69 bits per heavy atom. The van der Waals surface area contributed by atoms with Crippen LogP contribution in [0.5, 0.6) is 5.75 Å². The van der Waals surface area contributed by atoms with Crippen molar-refractivity contribution in [1.82, 2.24) is 0 Å². The Morgan fingerprint density at radius 2 is 1.12 bits per heavy atom. The third-order valence-corrected chi connectivity index (χ3v) is 12.9. The van der Waals surface area contributed by atoms with Crippen LogP contribution in [0, 0.1) is 36.5 Å². The third kappa shape index (κ3) is 14.3. The maximum atomic E-state index is 12.3. The van der Waals surface area contributed by atoms with E-state index in [1.165, 1.54) is 166 Å². The molecule has 1 aromatic rings. The SMILES string of the molecule is CCCCCCCCCCCC1CCC(C2CCC(C=CC3CCC(c4ccc(OC(=O)CCCCCCC)c(C)c4)CC3)CC2)CC1. The van der Waals surface area contributed by atoms with Crippen LogP contribution in [0.15, 0.2) is 30.4 Å². The van der Waals surface area contributed by atoms with Crippen molar-refractivity contribution in [3.63, 3.8) is 0 Å². The molecule has 0 saturated heterocycles. The van der Waals surface area contributed by atoms with E-state index in [0.29, 0.717) is 12.3 Å². The van der Waals surface area contributed by atoms with Crippen molar-refractivity contribution in [2.45, 2.75) is 206 Å². The van der Waals surface area contributed by atoms with Crippen LogP contribution in [0.25, 0.3) is 0 Å². The summed E-state index contributed by atoms with van der Waals surface area (Å²) in [5.74, 6) is 6.01. The van der Waals surface area contributed by atoms with Gasteiger partial charge in [-0.25, -0.2) is 0 Å². The zero-order valence-electron chi connectivity index (χ0n) is 32.0. The number of hydrogen-bond acceptors (Lipinski definition) is 2. The monoisotopic (exact) mass is 661 g/mol. The summed E-state index contributed by atoms with van der Waals surface area (Å²) in [5, 5.41) is 0. The second-order valence-electron chi connectivity index (χ2n) is 16.7. The maximum absolute atomic E-state index is 12.3. The van der Waals surface area contributed by atoms with E-state index in [-0.39, 0.29) is 5.97 Å². The number of rotatable bonds is 21. The summed E-state index contributed by atoms with van der Waals surface area (Å²) in [4.78, 5) is 12.3. The molecule has 48 heavy (non-hydrogen) atoms. The lowest BCUT2D eigenvalue weighted by atomic mass is 9.68. The van der Waals surface area contributed by atoms with Crippen LogP contribution in [0.1, 0.15) is 211 Å². The molecule has 1 aromatic carbocycles. The molecule has 272 valence electrons. The molecule has 2 nitrogen and oxygen atoms in total. The fraction of sp³-hybridized carbons (Fsp3) is 0.804. The first-order valence-corrected chi connectivity index (χ1v) is 21.5. The van der Waals surface area contributed by atoms with Crippen LogP contribution in [0.4, 0.5) is 0 Å². The molecule has 0 heterocycles. The Bertz CT molecular complexity index is 1020. The van der Waals surface area contributed by atoms with Gasteiger partial charge in [-0.05, 0) is 130 Å². The lowest BCUT2D eigenvalue weighted by molar-refractivity contribution is -0.134.